The number of amidine groups is 1. The molecule has 0 heterocycles. The van der Waals surface area contributed by atoms with E-state index >= 15 is 0 Å². The highest BCUT2D eigenvalue weighted by atomic mass is 36.0. The fourth-order valence-electron chi connectivity index (χ4n) is 0.357. The summed E-state index contributed by atoms with van der Waals surface area (Å²) in [6.45, 7) is 0. The van der Waals surface area contributed by atoms with Crippen LogP contribution >= 0.6 is 89.3 Å². The largest absolute Gasteiger partial charge is 0.231 e. The zero-order valence-electron chi connectivity index (χ0n) is 6.42. The van der Waals surface area contributed by atoms with E-state index in [2.05, 4.69) is 9.74 Å². The molecule has 0 aliphatic rings. The molecule has 0 saturated carbocycles. The minimum atomic E-state index is -2.97. The Morgan fingerprint density at radius 2 is 1.53 bits per heavy atom. The van der Waals surface area contributed by atoms with E-state index in [1.807, 2.05) is 0 Å². The number of aliphatic imine (C=N–C) groups is 1. The van der Waals surface area contributed by atoms with Gasteiger partial charge in [-0.15, -0.1) is 0 Å². The van der Waals surface area contributed by atoms with Gasteiger partial charge in [-0.05, 0) is 45.3 Å². The van der Waals surface area contributed by atoms with Gasteiger partial charge < -0.3 is 0 Å². The molecule has 0 unspecified atom stereocenters. The van der Waals surface area contributed by atoms with E-state index in [-0.39, 0.29) is 10.5 Å². The molecule has 0 aliphatic heterocycles. The average molecular weight is 407 g/mol. The lowest BCUT2D eigenvalue weighted by Crippen LogP contribution is -1.77. The van der Waals surface area contributed by atoms with Gasteiger partial charge in [0.05, 0.1) is 0 Å². The van der Waals surface area contributed by atoms with Crippen LogP contribution in [0.3, 0.4) is 0 Å². The first kappa shape index (κ1) is 17.3. The lowest BCUT2D eigenvalue weighted by atomic mass is 11.0. The Morgan fingerprint density at radius 1 is 1.07 bits per heavy atom. The molecule has 88 valence electrons. The third kappa shape index (κ3) is 12.6. The summed E-state index contributed by atoms with van der Waals surface area (Å²) in [5.74, 6) is 1.18. The molecule has 12 heteroatoms. The first-order valence-electron chi connectivity index (χ1n) is 2.82. The molecule has 0 aromatic heterocycles. The van der Waals surface area contributed by atoms with Crippen LogP contribution in [-0.2, 0) is 11.8 Å². The summed E-state index contributed by atoms with van der Waals surface area (Å²) in [6, 6.07) is 0. The first-order valence-corrected chi connectivity index (χ1v) is 12.7. The summed E-state index contributed by atoms with van der Waals surface area (Å²) < 4.78 is 0.826. The average Bonchev–Trinajstić information content (AvgIpc) is 1.73. The van der Waals surface area contributed by atoms with Crippen molar-refractivity contribution in [3.63, 3.8) is 0 Å². The Kier molecular flexibility index (Phi) is 8.13. The van der Waals surface area contributed by atoms with E-state index in [1.165, 1.54) is 5.82 Å². The number of nitrogens with zero attached hydrogens (tertiary/aromatic N) is 2. The smallest absolute Gasteiger partial charge is 0.206 e. The minimum Gasteiger partial charge on any atom is -0.206 e. The molecule has 0 N–H and O–H groups in total. The first-order chi connectivity index (χ1) is 6.49. The van der Waals surface area contributed by atoms with Crippen LogP contribution in [0.5, 0.6) is 0 Å². The molecular weight excluding hydrogens is 406 g/mol. The standard InChI is InChI=1S/C3HCl7N2P2S/c4-2(1-13(6,7)15)11-3(5)12-14(8,9)10/h1H/b2-1+,11-3+. The van der Waals surface area contributed by atoms with Crippen LogP contribution in [0.2, 0.25) is 0 Å². The lowest BCUT2D eigenvalue weighted by molar-refractivity contribution is 1.51. The Bertz CT molecular complexity index is 383. The molecule has 2 nitrogen and oxygen atoms in total. The minimum absolute atomic E-state index is 0.101. The molecule has 0 saturated heterocycles. The van der Waals surface area contributed by atoms with Gasteiger partial charge in [-0.3, -0.25) is 0 Å². The summed E-state index contributed by atoms with van der Waals surface area (Å²) in [5, 5.41) is -3.37. The van der Waals surface area contributed by atoms with Crippen LogP contribution in [0.15, 0.2) is 20.7 Å². The molecule has 0 aromatic rings. The molecule has 0 aliphatic carbocycles. The predicted octanol–water partition coefficient (Wildman–Crippen LogP) is 7.07. The second-order valence-electron chi connectivity index (χ2n) is 1.85. The topological polar surface area (TPSA) is 24.7 Å². The van der Waals surface area contributed by atoms with Crippen LogP contribution in [0, 0.1) is 0 Å². The highest BCUT2D eigenvalue weighted by Gasteiger charge is 2.09. The fourth-order valence-corrected chi connectivity index (χ4v) is 4.21. The van der Waals surface area contributed by atoms with Crippen molar-refractivity contribution in [1.82, 2.24) is 0 Å². The molecule has 0 aromatic carbocycles. The van der Waals surface area contributed by atoms with E-state index in [1.54, 1.807) is 0 Å². The van der Waals surface area contributed by atoms with Crippen molar-refractivity contribution in [2.24, 2.45) is 9.74 Å². The van der Waals surface area contributed by atoms with Crippen molar-refractivity contribution >= 4 is 106 Å². The van der Waals surface area contributed by atoms with Crippen molar-refractivity contribution in [2.45, 2.75) is 0 Å². The number of hydrogen-bond acceptors (Lipinski definition) is 2. The zero-order chi connectivity index (χ0) is 12.3. The van der Waals surface area contributed by atoms with Crippen LogP contribution in [0.25, 0.3) is 0 Å². The maximum absolute atomic E-state index is 5.59. The van der Waals surface area contributed by atoms with E-state index < -0.39 is 9.86 Å². The van der Waals surface area contributed by atoms with Gasteiger partial charge in [0.25, 0.3) is 0 Å². The molecule has 0 rings (SSSR count). The Hall–Kier alpha value is 2.32. The predicted molar refractivity (Wildman–Crippen MR) is 80.1 cm³/mol. The van der Waals surface area contributed by atoms with Gasteiger partial charge in [-0.2, -0.15) is 4.74 Å². The molecule has 0 fully saturated rings. The summed E-state index contributed by atoms with van der Waals surface area (Å²) in [4.78, 5) is 3.56. The van der Waals surface area contributed by atoms with Gasteiger partial charge in [0.1, 0.15) is 9.90 Å². The molecule has 15 heavy (non-hydrogen) atoms. The van der Waals surface area contributed by atoms with Crippen molar-refractivity contribution in [2.75, 3.05) is 0 Å². The summed E-state index contributed by atoms with van der Waals surface area (Å²) >= 11 is 43.2. The monoisotopic (exact) mass is 404 g/mol. The van der Waals surface area contributed by atoms with Gasteiger partial charge in [0.15, 0.2) is 0 Å². The molecule has 0 radical (unpaired) electrons. The van der Waals surface area contributed by atoms with Crippen molar-refractivity contribution in [3.8, 4) is 0 Å². The second kappa shape index (κ2) is 7.04. The SMILES string of the molecule is S=P(Cl)(Cl)/C=C(Cl)/N=C(\Cl)N=P(Cl)(Cl)Cl. The molecule has 0 atom stereocenters. The van der Waals surface area contributed by atoms with Crippen LogP contribution in [0.4, 0.5) is 0 Å². The quantitative estimate of drug-likeness (QED) is 0.208. The highest BCUT2D eigenvalue weighted by Crippen LogP contribution is 2.65. The van der Waals surface area contributed by atoms with E-state index in [0.717, 1.165) is 0 Å². The van der Waals surface area contributed by atoms with Crippen LogP contribution in [-0.4, -0.2) is 5.29 Å². The fraction of sp³-hybridized carbons (Fsp3) is 0. The van der Waals surface area contributed by atoms with Crippen LogP contribution < -0.4 is 0 Å². The Labute approximate surface area is 126 Å². The maximum Gasteiger partial charge on any atom is 0.231 e. The van der Waals surface area contributed by atoms with Crippen molar-refractivity contribution in [1.29, 1.82) is 0 Å². The van der Waals surface area contributed by atoms with Crippen molar-refractivity contribution < 1.29 is 0 Å². The normalized spacial score (nSPS) is 15.4. The third-order valence-corrected chi connectivity index (χ3v) is 3.83. The molecular formula is C3HCl7N2P2S. The number of hydrogen-bond donors (Lipinski definition) is 0. The van der Waals surface area contributed by atoms with Crippen LogP contribution in [0.1, 0.15) is 0 Å². The van der Waals surface area contributed by atoms with E-state index in [9.17, 15) is 0 Å². The Balaban J connectivity index is 4.96. The summed E-state index contributed by atoms with van der Waals surface area (Å²) in [5.41, 5.74) is 0. The lowest BCUT2D eigenvalue weighted by Gasteiger charge is -1.98. The van der Waals surface area contributed by atoms with Gasteiger partial charge in [0, 0.05) is 5.82 Å². The van der Waals surface area contributed by atoms with Gasteiger partial charge in [-0.25, -0.2) is 4.99 Å². The third-order valence-electron chi connectivity index (χ3n) is 0.652. The van der Waals surface area contributed by atoms with E-state index in [0.29, 0.717) is 0 Å². The highest BCUT2D eigenvalue weighted by molar-refractivity contribution is 8.40. The summed E-state index contributed by atoms with van der Waals surface area (Å²) in [6.07, 6.45) is 0. The van der Waals surface area contributed by atoms with Gasteiger partial charge >= 0.3 is 0 Å². The molecule has 0 spiro atoms. The molecule has 0 bridgehead atoms. The number of rotatable bonds is 2. The number of halogens is 7. The summed E-state index contributed by atoms with van der Waals surface area (Å²) in [7, 11) is 0. The van der Waals surface area contributed by atoms with E-state index in [4.69, 9.17) is 91.2 Å². The van der Waals surface area contributed by atoms with Crippen molar-refractivity contribution in [3.05, 3.63) is 11.0 Å². The zero-order valence-corrected chi connectivity index (χ0v) is 14.3. The Morgan fingerprint density at radius 3 is 1.87 bits per heavy atom. The maximum atomic E-state index is 5.59. The van der Waals surface area contributed by atoms with Gasteiger partial charge in [-0.1, -0.05) is 45.9 Å². The van der Waals surface area contributed by atoms with Gasteiger partial charge in [0.2, 0.25) is 10.4 Å². The second-order valence-corrected chi connectivity index (χ2v) is 17.5. The molecule has 0 amide bonds.